The summed E-state index contributed by atoms with van der Waals surface area (Å²) in [6.45, 7) is 4.35. The van der Waals surface area contributed by atoms with Crippen LogP contribution in [0.1, 0.15) is 11.1 Å². The second-order valence-electron chi connectivity index (χ2n) is 5.07. The number of amides is 1. The maximum atomic E-state index is 12.1. The molecule has 0 saturated carbocycles. The van der Waals surface area contributed by atoms with Crippen LogP contribution in [0.25, 0.3) is 0 Å². The Morgan fingerprint density at radius 3 is 2.86 bits per heavy atom. The number of carboxylic acid groups (broad SMARTS) is 1. The van der Waals surface area contributed by atoms with Crippen LogP contribution in [-0.4, -0.2) is 54.3 Å². The molecule has 1 fully saturated rings. The van der Waals surface area contributed by atoms with Crippen molar-refractivity contribution in [2.24, 2.45) is 0 Å². The molecule has 1 amide bonds. The van der Waals surface area contributed by atoms with Gasteiger partial charge in [0.15, 0.2) is 12.6 Å². The van der Waals surface area contributed by atoms with E-state index in [1.54, 1.807) is 0 Å². The summed E-state index contributed by atoms with van der Waals surface area (Å²) in [5.41, 5.74) is 2.06. The molecule has 0 aromatic heterocycles. The molecular weight excluding hydrogens is 274 g/mol. The van der Waals surface area contributed by atoms with Crippen LogP contribution in [0.4, 0.5) is 0 Å². The summed E-state index contributed by atoms with van der Waals surface area (Å²) in [4.78, 5) is 24.6. The number of carboxylic acids is 1. The minimum absolute atomic E-state index is 0.0185. The average Bonchev–Trinajstić information content (AvgIpc) is 2.46. The quantitative estimate of drug-likeness (QED) is 0.896. The van der Waals surface area contributed by atoms with Crippen LogP contribution in [0.2, 0.25) is 0 Å². The lowest BCUT2D eigenvalue weighted by molar-refractivity contribution is -0.159. The largest absolute Gasteiger partial charge is 0.483 e. The summed E-state index contributed by atoms with van der Waals surface area (Å²) in [6.07, 6.45) is 0. The van der Waals surface area contributed by atoms with Gasteiger partial charge in [-0.3, -0.25) is 4.79 Å². The van der Waals surface area contributed by atoms with Crippen LogP contribution >= 0.6 is 0 Å². The predicted molar refractivity (Wildman–Crippen MR) is 75.4 cm³/mol. The van der Waals surface area contributed by atoms with E-state index in [9.17, 15) is 9.59 Å². The number of carbonyl (C=O) groups is 2. The maximum Gasteiger partial charge on any atom is 0.328 e. The van der Waals surface area contributed by atoms with E-state index in [-0.39, 0.29) is 25.7 Å². The van der Waals surface area contributed by atoms with Crippen molar-refractivity contribution in [3.8, 4) is 5.75 Å². The summed E-state index contributed by atoms with van der Waals surface area (Å²) in [5, 5.41) is 9.10. The summed E-state index contributed by atoms with van der Waals surface area (Å²) >= 11 is 0. The zero-order valence-corrected chi connectivity index (χ0v) is 12.2. The zero-order chi connectivity index (χ0) is 15.4. The monoisotopic (exact) mass is 293 g/mol. The summed E-state index contributed by atoms with van der Waals surface area (Å²) in [7, 11) is 0. The predicted octanol–water partition coefficient (Wildman–Crippen LogP) is 0.994. The molecule has 0 radical (unpaired) electrons. The number of hydrogen-bond acceptors (Lipinski definition) is 4. The van der Waals surface area contributed by atoms with Crippen molar-refractivity contribution in [2.45, 2.75) is 19.9 Å². The number of benzene rings is 1. The lowest BCUT2D eigenvalue weighted by Gasteiger charge is -2.32. The first-order valence-corrected chi connectivity index (χ1v) is 6.79. The Kier molecular flexibility index (Phi) is 4.80. The van der Waals surface area contributed by atoms with E-state index in [1.807, 2.05) is 32.0 Å². The SMILES string of the molecule is Cc1ccc(OCC(=O)N2CCOC[C@@H]2C(=O)O)c(C)c1. The van der Waals surface area contributed by atoms with Gasteiger partial charge in [0.1, 0.15) is 5.75 Å². The molecule has 114 valence electrons. The fraction of sp³-hybridized carbons (Fsp3) is 0.467. The first-order valence-electron chi connectivity index (χ1n) is 6.79. The third-order valence-corrected chi connectivity index (χ3v) is 3.42. The van der Waals surface area contributed by atoms with Gasteiger partial charge in [0.2, 0.25) is 0 Å². The smallest absolute Gasteiger partial charge is 0.328 e. The molecule has 1 saturated heterocycles. The molecule has 6 nitrogen and oxygen atoms in total. The van der Waals surface area contributed by atoms with Gasteiger partial charge in [-0.05, 0) is 25.5 Å². The van der Waals surface area contributed by atoms with Crippen molar-refractivity contribution in [3.05, 3.63) is 29.3 Å². The molecule has 1 aromatic rings. The molecule has 1 aliphatic heterocycles. The Balaban J connectivity index is 1.98. The van der Waals surface area contributed by atoms with Gasteiger partial charge in [-0.1, -0.05) is 17.7 Å². The van der Waals surface area contributed by atoms with Crippen molar-refractivity contribution in [3.63, 3.8) is 0 Å². The van der Waals surface area contributed by atoms with Crippen LogP contribution in [0.5, 0.6) is 5.75 Å². The lowest BCUT2D eigenvalue weighted by atomic mass is 10.1. The van der Waals surface area contributed by atoms with Crippen LogP contribution < -0.4 is 4.74 Å². The molecule has 1 aromatic carbocycles. The van der Waals surface area contributed by atoms with Crippen LogP contribution in [0.15, 0.2) is 18.2 Å². The molecule has 1 N–H and O–H groups in total. The highest BCUT2D eigenvalue weighted by Crippen LogP contribution is 2.19. The second kappa shape index (κ2) is 6.58. The van der Waals surface area contributed by atoms with Crippen molar-refractivity contribution in [1.29, 1.82) is 0 Å². The van der Waals surface area contributed by atoms with Gasteiger partial charge in [0, 0.05) is 6.54 Å². The highest BCUT2D eigenvalue weighted by Gasteiger charge is 2.32. The molecule has 6 heteroatoms. The van der Waals surface area contributed by atoms with Gasteiger partial charge in [0.05, 0.1) is 13.2 Å². The molecule has 1 aliphatic rings. The maximum absolute atomic E-state index is 12.1. The Hall–Kier alpha value is -2.08. The van der Waals surface area contributed by atoms with Crippen LogP contribution in [0.3, 0.4) is 0 Å². The number of ether oxygens (including phenoxy) is 2. The summed E-state index contributed by atoms with van der Waals surface area (Å²) in [6, 6.07) is 4.75. The number of hydrogen-bond donors (Lipinski definition) is 1. The molecule has 1 atom stereocenters. The standard InChI is InChI=1S/C15H19NO5/c1-10-3-4-13(11(2)7-10)21-9-14(17)16-5-6-20-8-12(16)15(18)19/h3-4,7,12H,5-6,8-9H2,1-2H3,(H,18,19)/t12-/m1/s1. The molecule has 0 bridgehead atoms. The van der Waals surface area contributed by atoms with Gasteiger partial charge in [-0.15, -0.1) is 0 Å². The van der Waals surface area contributed by atoms with E-state index in [4.69, 9.17) is 14.6 Å². The third-order valence-electron chi connectivity index (χ3n) is 3.42. The molecule has 21 heavy (non-hydrogen) atoms. The summed E-state index contributed by atoms with van der Waals surface area (Å²) < 4.78 is 10.6. The first kappa shape index (κ1) is 15.3. The van der Waals surface area contributed by atoms with E-state index in [2.05, 4.69) is 0 Å². The Morgan fingerprint density at radius 2 is 2.19 bits per heavy atom. The van der Waals surface area contributed by atoms with Crippen molar-refractivity contribution >= 4 is 11.9 Å². The zero-order valence-electron chi connectivity index (χ0n) is 12.2. The molecule has 0 aliphatic carbocycles. The van der Waals surface area contributed by atoms with Crippen molar-refractivity contribution in [2.75, 3.05) is 26.4 Å². The molecular formula is C15H19NO5. The van der Waals surface area contributed by atoms with E-state index >= 15 is 0 Å². The van der Waals surface area contributed by atoms with Gasteiger partial charge in [-0.2, -0.15) is 0 Å². The summed E-state index contributed by atoms with van der Waals surface area (Å²) in [5.74, 6) is -0.769. The van der Waals surface area contributed by atoms with E-state index < -0.39 is 12.0 Å². The fourth-order valence-corrected chi connectivity index (χ4v) is 2.29. The van der Waals surface area contributed by atoms with E-state index in [0.717, 1.165) is 11.1 Å². The third kappa shape index (κ3) is 3.72. The van der Waals surface area contributed by atoms with Crippen molar-refractivity contribution in [1.82, 2.24) is 4.90 Å². The van der Waals surface area contributed by atoms with E-state index in [1.165, 1.54) is 4.90 Å². The number of nitrogens with zero attached hydrogens (tertiary/aromatic N) is 1. The Bertz CT molecular complexity index is 543. The Morgan fingerprint density at radius 1 is 1.43 bits per heavy atom. The number of carbonyl (C=O) groups excluding carboxylic acids is 1. The first-order chi connectivity index (χ1) is 9.99. The second-order valence-corrected chi connectivity index (χ2v) is 5.07. The highest BCUT2D eigenvalue weighted by molar-refractivity contribution is 5.84. The number of morpholine rings is 1. The van der Waals surface area contributed by atoms with Gasteiger partial charge in [-0.25, -0.2) is 4.79 Å². The lowest BCUT2D eigenvalue weighted by Crippen LogP contribution is -2.53. The van der Waals surface area contributed by atoms with Crippen LogP contribution in [0, 0.1) is 13.8 Å². The van der Waals surface area contributed by atoms with Crippen LogP contribution in [-0.2, 0) is 14.3 Å². The molecule has 0 unspecified atom stereocenters. The number of aryl methyl sites for hydroxylation is 2. The molecule has 0 spiro atoms. The molecule has 1 heterocycles. The van der Waals surface area contributed by atoms with Gasteiger partial charge in [0.25, 0.3) is 5.91 Å². The van der Waals surface area contributed by atoms with E-state index in [0.29, 0.717) is 12.4 Å². The van der Waals surface area contributed by atoms with Gasteiger partial charge < -0.3 is 19.5 Å². The number of rotatable bonds is 4. The van der Waals surface area contributed by atoms with Crippen molar-refractivity contribution < 1.29 is 24.2 Å². The molecule has 2 rings (SSSR count). The Labute approximate surface area is 123 Å². The topological polar surface area (TPSA) is 76.1 Å². The minimum Gasteiger partial charge on any atom is -0.483 e. The highest BCUT2D eigenvalue weighted by atomic mass is 16.5. The minimum atomic E-state index is -1.06. The van der Waals surface area contributed by atoms with Gasteiger partial charge >= 0.3 is 5.97 Å². The fourth-order valence-electron chi connectivity index (χ4n) is 2.29. The normalized spacial score (nSPS) is 18.4. The number of aliphatic carboxylic acids is 1. The average molecular weight is 293 g/mol.